The van der Waals surface area contributed by atoms with Crippen molar-refractivity contribution in [2.75, 3.05) is 13.1 Å². The quantitative estimate of drug-likeness (QED) is 0.593. The van der Waals surface area contributed by atoms with Crippen molar-refractivity contribution in [1.82, 2.24) is 19.2 Å². The van der Waals surface area contributed by atoms with Gasteiger partial charge in [-0.15, -0.1) is 0 Å². The van der Waals surface area contributed by atoms with Crippen LogP contribution in [-0.4, -0.2) is 47.9 Å². The second-order valence-corrected chi connectivity index (χ2v) is 9.54. The molecular formula is C23H25FN4O3S. The van der Waals surface area contributed by atoms with Gasteiger partial charge in [-0.3, -0.25) is 4.79 Å². The maximum atomic E-state index is 14.2. The summed E-state index contributed by atoms with van der Waals surface area (Å²) in [6.07, 6.45) is 7.08. The van der Waals surface area contributed by atoms with Gasteiger partial charge in [0, 0.05) is 31.5 Å². The van der Waals surface area contributed by atoms with E-state index in [1.54, 1.807) is 17.4 Å². The van der Waals surface area contributed by atoms with Crippen molar-refractivity contribution >= 4 is 15.9 Å². The molecule has 32 heavy (non-hydrogen) atoms. The number of nitrogens with one attached hydrogen (secondary N) is 1. The molecule has 1 saturated heterocycles. The second kappa shape index (κ2) is 9.62. The maximum Gasteiger partial charge on any atom is 0.244 e. The van der Waals surface area contributed by atoms with Crippen LogP contribution < -0.4 is 4.72 Å². The van der Waals surface area contributed by atoms with E-state index in [1.807, 2.05) is 41.1 Å². The summed E-state index contributed by atoms with van der Waals surface area (Å²) in [5.41, 5.74) is 0.815. The number of hydrogen-bond donors (Lipinski definition) is 1. The largest absolute Gasteiger partial charge is 0.341 e. The molecular weight excluding hydrogens is 431 g/mol. The fraction of sp³-hybridized carbons (Fsp3) is 0.304. The van der Waals surface area contributed by atoms with Gasteiger partial charge in [-0.05, 0) is 37.0 Å². The number of hydrogen-bond acceptors (Lipinski definition) is 4. The van der Waals surface area contributed by atoms with Gasteiger partial charge in [-0.1, -0.05) is 42.5 Å². The van der Waals surface area contributed by atoms with Crippen LogP contribution in [0.3, 0.4) is 0 Å². The van der Waals surface area contributed by atoms with Crippen molar-refractivity contribution in [3.63, 3.8) is 0 Å². The molecule has 7 nitrogen and oxygen atoms in total. The van der Waals surface area contributed by atoms with E-state index >= 15 is 0 Å². The van der Waals surface area contributed by atoms with Crippen molar-refractivity contribution in [2.45, 2.75) is 36.2 Å². The van der Waals surface area contributed by atoms with Crippen molar-refractivity contribution in [3.05, 3.63) is 84.7 Å². The Morgan fingerprint density at radius 1 is 1.09 bits per heavy atom. The number of carbonyl (C=O) groups excluding carboxylic acids is 1. The van der Waals surface area contributed by atoms with E-state index in [0.29, 0.717) is 13.1 Å². The molecule has 1 atom stereocenters. The lowest BCUT2D eigenvalue weighted by Gasteiger charge is -2.34. The predicted octanol–water partition coefficient (Wildman–Crippen LogP) is 2.78. The molecule has 0 saturated carbocycles. The minimum absolute atomic E-state index is 0.175. The molecule has 2 heterocycles. The molecule has 1 fully saturated rings. The fourth-order valence-electron chi connectivity index (χ4n) is 4.03. The third-order valence-electron chi connectivity index (χ3n) is 5.73. The molecule has 2 aromatic carbocycles. The predicted molar refractivity (Wildman–Crippen MR) is 118 cm³/mol. The summed E-state index contributed by atoms with van der Waals surface area (Å²) in [5.74, 6) is -1.16. The SMILES string of the molecule is O=C(C(Cc1ccccc1)NS(=O)(=O)c1ccccc1F)N1CCC(n2ccnc2)CC1. The highest BCUT2D eigenvalue weighted by molar-refractivity contribution is 7.89. The normalized spacial score (nSPS) is 16.1. The average molecular weight is 457 g/mol. The van der Waals surface area contributed by atoms with Crippen LogP contribution in [0.1, 0.15) is 24.4 Å². The Morgan fingerprint density at radius 2 is 1.78 bits per heavy atom. The molecule has 3 aromatic rings. The van der Waals surface area contributed by atoms with Crippen LogP contribution in [0.4, 0.5) is 4.39 Å². The number of nitrogens with zero attached hydrogens (tertiary/aromatic N) is 3. The summed E-state index contributed by atoms with van der Waals surface area (Å²) in [4.78, 5) is 18.7. The molecule has 4 rings (SSSR count). The molecule has 0 spiro atoms. The van der Waals surface area contributed by atoms with Crippen LogP contribution in [0.5, 0.6) is 0 Å². The fourth-order valence-corrected chi connectivity index (χ4v) is 5.30. The van der Waals surface area contributed by atoms with Gasteiger partial charge in [0.25, 0.3) is 0 Å². The number of halogens is 1. The van der Waals surface area contributed by atoms with E-state index in [2.05, 4.69) is 9.71 Å². The van der Waals surface area contributed by atoms with E-state index in [0.717, 1.165) is 24.5 Å². The topological polar surface area (TPSA) is 84.3 Å². The van der Waals surface area contributed by atoms with Gasteiger partial charge in [0.05, 0.1) is 6.33 Å². The van der Waals surface area contributed by atoms with Gasteiger partial charge in [-0.2, -0.15) is 4.72 Å². The molecule has 1 aliphatic heterocycles. The average Bonchev–Trinajstić information content (AvgIpc) is 3.34. The van der Waals surface area contributed by atoms with E-state index in [1.165, 1.54) is 18.2 Å². The summed E-state index contributed by atoms with van der Waals surface area (Å²) in [6, 6.07) is 13.6. The number of imidazole rings is 1. The third-order valence-corrected chi connectivity index (χ3v) is 7.23. The number of piperidine rings is 1. The molecule has 1 unspecified atom stereocenters. The van der Waals surface area contributed by atoms with E-state index in [9.17, 15) is 17.6 Å². The number of likely N-dealkylation sites (tertiary alicyclic amines) is 1. The Hall–Kier alpha value is -3.04. The number of benzene rings is 2. The molecule has 1 N–H and O–H groups in total. The Balaban J connectivity index is 1.53. The summed E-state index contributed by atoms with van der Waals surface area (Å²) in [6.45, 7) is 1.02. The lowest BCUT2D eigenvalue weighted by Crippen LogP contribution is -2.51. The lowest BCUT2D eigenvalue weighted by atomic mass is 10.0. The van der Waals surface area contributed by atoms with Crippen LogP contribution in [0.25, 0.3) is 0 Å². The first-order chi connectivity index (χ1) is 15.4. The first kappa shape index (κ1) is 22.2. The molecule has 1 aromatic heterocycles. The molecule has 0 aliphatic carbocycles. The zero-order chi connectivity index (χ0) is 22.6. The first-order valence-electron chi connectivity index (χ1n) is 10.5. The summed E-state index contributed by atoms with van der Waals surface area (Å²) >= 11 is 0. The minimum atomic E-state index is -4.23. The van der Waals surface area contributed by atoms with Crippen molar-refractivity contribution in [3.8, 4) is 0 Å². The Bertz CT molecular complexity index is 1150. The standard InChI is InChI=1S/C23H25FN4O3S/c24-20-8-4-5-9-22(20)32(30,31)26-21(16-18-6-2-1-3-7-18)23(29)27-13-10-19(11-14-27)28-15-12-25-17-28/h1-9,12,15,17,19,21,26H,10-11,13-14,16H2. The molecule has 9 heteroatoms. The monoisotopic (exact) mass is 456 g/mol. The van der Waals surface area contributed by atoms with E-state index < -0.39 is 26.8 Å². The van der Waals surface area contributed by atoms with Gasteiger partial charge in [-0.25, -0.2) is 17.8 Å². The zero-order valence-corrected chi connectivity index (χ0v) is 18.3. The van der Waals surface area contributed by atoms with Crippen LogP contribution in [0.2, 0.25) is 0 Å². The Labute approximate surface area is 186 Å². The lowest BCUT2D eigenvalue weighted by molar-refractivity contribution is -0.134. The van der Waals surface area contributed by atoms with E-state index in [-0.39, 0.29) is 18.4 Å². The van der Waals surface area contributed by atoms with Crippen molar-refractivity contribution in [1.29, 1.82) is 0 Å². The number of amides is 1. The highest BCUT2D eigenvalue weighted by Crippen LogP contribution is 2.23. The maximum absolute atomic E-state index is 14.2. The number of carbonyl (C=O) groups is 1. The molecule has 1 aliphatic rings. The first-order valence-corrected chi connectivity index (χ1v) is 12.0. The Morgan fingerprint density at radius 3 is 2.44 bits per heavy atom. The molecule has 168 valence electrons. The number of sulfonamides is 1. The Kier molecular flexibility index (Phi) is 6.66. The van der Waals surface area contributed by atoms with Gasteiger partial charge < -0.3 is 9.47 Å². The van der Waals surface area contributed by atoms with Crippen LogP contribution >= 0.6 is 0 Å². The summed E-state index contributed by atoms with van der Waals surface area (Å²) in [7, 11) is -4.23. The van der Waals surface area contributed by atoms with Crippen LogP contribution in [0, 0.1) is 5.82 Å². The summed E-state index contributed by atoms with van der Waals surface area (Å²) < 4.78 is 44.5. The van der Waals surface area contributed by atoms with Gasteiger partial charge >= 0.3 is 0 Å². The van der Waals surface area contributed by atoms with Crippen LogP contribution in [0.15, 0.2) is 78.2 Å². The number of rotatable bonds is 7. The van der Waals surface area contributed by atoms with Gasteiger partial charge in [0.15, 0.2) is 0 Å². The van der Waals surface area contributed by atoms with Crippen molar-refractivity contribution in [2.24, 2.45) is 0 Å². The number of aromatic nitrogens is 2. The van der Waals surface area contributed by atoms with Gasteiger partial charge in [0.2, 0.25) is 15.9 Å². The van der Waals surface area contributed by atoms with Crippen molar-refractivity contribution < 1.29 is 17.6 Å². The highest BCUT2D eigenvalue weighted by Gasteiger charge is 2.32. The third kappa shape index (κ3) is 5.05. The molecule has 0 bridgehead atoms. The molecule has 0 radical (unpaired) electrons. The van der Waals surface area contributed by atoms with E-state index in [4.69, 9.17) is 0 Å². The smallest absolute Gasteiger partial charge is 0.244 e. The second-order valence-electron chi connectivity index (χ2n) is 7.86. The van der Waals surface area contributed by atoms with Gasteiger partial charge in [0.1, 0.15) is 16.8 Å². The highest BCUT2D eigenvalue weighted by atomic mass is 32.2. The van der Waals surface area contributed by atoms with Crippen LogP contribution in [-0.2, 0) is 21.2 Å². The zero-order valence-electron chi connectivity index (χ0n) is 17.5. The minimum Gasteiger partial charge on any atom is -0.341 e. The molecule has 1 amide bonds. The summed E-state index contributed by atoms with van der Waals surface area (Å²) in [5, 5.41) is 0.